The third-order valence-electron chi connectivity index (χ3n) is 3.17. The van der Waals surface area contributed by atoms with E-state index < -0.39 is 5.60 Å². The molecule has 0 amide bonds. The van der Waals surface area contributed by atoms with Gasteiger partial charge in [-0.05, 0) is 52.1 Å². The number of aromatic hydroxyl groups is 1. The molecule has 0 bridgehead atoms. The van der Waals surface area contributed by atoms with Gasteiger partial charge in [-0.15, -0.1) is 0 Å². The lowest BCUT2D eigenvalue weighted by molar-refractivity contribution is 0.0335. The Morgan fingerprint density at radius 1 is 1.21 bits per heavy atom. The highest BCUT2D eigenvalue weighted by Gasteiger charge is 2.20. The number of likely N-dealkylation sites (N-methyl/N-ethyl adjacent to an activating group) is 1. The number of benzene rings is 1. The number of hydrogen-bond donors (Lipinski definition) is 3. The fourth-order valence-electron chi connectivity index (χ4n) is 2.21. The van der Waals surface area contributed by atoms with Crippen molar-refractivity contribution in [2.45, 2.75) is 32.9 Å². The number of rotatable bonds is 6. The summed E-state index contributed by atoms with van der Waals surface area (Å²) in [6.45, 7) is 7.45. The first-order valence-corrected chi connectivity index (χ1v) is 6.58. The van der Waals surface area contributed by atoms with Gasteiger partial charge in [0, 0.05) is 25.2 Å². The molecular formula is C15H26N2O2. The van der Waals surface area contributed by atoms with E-state index in [0.717, 1.165) is 16.7 Å². The molecule has 0 spiro atoms. The summed E-state index contributed by atoms with van der Waals surface area (Å²) in [6.07, 6.45) is 0. The molecule has 0 heterocycles. The molecular weight excluding hydrogens is 240 g/mol. The first-order chi connectivity index (χ1) is 8.71. The van der Waals surface area contributed by atoms with Crippen LogP contribution in [0, 0.1) is 13.8 Å². The van der Waals surface area contributed by atoms with Gasteiger partial charge in [0.1, 0.15) is 5.75 Å². The van der Waals surface area contributed by atoms with E-state index in [1.165, 1.54) is 0 Å². The van der Waals surface area contributed by atoms with Crippen molar-refractivity contribution in [2.75, 3.05) is 27.2 Å². The van der Waals surface area contributed by atoms with Gasteiger partial charge in [0.2, 0.25) is 0 Å². The lowest BCUT2D eigenvalue weighted by atomic mass is 10.0. The van der Waals surface area contributed by atoms with Gasteiger partial charge in [-0.2, -0.15) is 0 Å². The Hall–Kier alpha value is -1.10. The average Bonchev–Trinajstić information content (AvgIpc) is 2.23. The Kier molecular flexibility index (Phi) is 5.35. The molecule has 0 aliphatic carbocycles. The Labute approximate surface area is 116 Å². The van der Waals surface area contributed by atoms with E-state index in [9.17, 15) is 10.2 Å². The Morgan fingerprint density at radius 3 is 2.37 bits per heavy atom. The second-order valence-electron chi connectivity index (χ2n) is 5.90. The normalized spacial score (nSPS) is 14.7. The summed E-state index contributed by atoms with van der Waals surface area (Å²) in [5.74, 6) is 0.308. The van der Waals surface area contributed by atoms with Crippen LogP contribution in [-0.2, 0) is 6.54 Å². The molecule has 4 nitrogen and oxygen atoms in total. The molecule has 0 saturated carbocycles. The Balaban J connectivity index is 2.56. The number of phenols is 1. The van der Waals surface area contributed by atoms with Crippen LogP contribution in [-0.4, -0.2) is 47.9 Å². The van der Waals surface area contributed by atoms with Gasteiger partial charge in [-0.1, -0.05) is 6.07 Å². The van der Waals surface area contributed by atoms with Crippen LogP contribution in [0.25, 0.3) is 0 Å². The summed E-state index contributed by atoms with van der Waals surface area (Å²) in [7, 11) is 3.87. The molecule has 0 aromatic heterocycles. The zero-order valence-electron chi connectivity index (χ0n) is 12.6. The first-order valence-electron chi connectivity index (χ1n) is 6.58. The molecule has 3 N–H and O–H groups in total. The summed E-state index contributed by atoms with van der Waals surface area (Å²) < 4.78 is 0. The summed E-state index contributed by atoms with van der Waals surface area (Å²) in [6, 6.07) is 3.77. The number of nitrogens with zero attached hydrogens (tertiary/aromatic N) is 1. The molecule has 108 valence electrons. The summed E-state index contributed by atoms with van der Waals surface area (Å²) in [5.41, 5.74) is 2.33. The topological polar surface area (TPSA) is 55.7 Å². The first kappa shape index (κ1) is 16.0. The van der Waals surface area contributed by atoms with Crippen LogP contribution in [0.4, 0.5) is 0 Å². The predicted molar refractivity (Wildman–Crippen MR) is 78.5 cm³/mol. The number of aryl methyl sites for hydroxylation is 2. The molecule has 4 heteroatoms. The van der Waals surface area contributed by atoms with Crippen LogP contribution in [0.2, 0.25) is 0 Å². The molecule has 1 aromatic rings. The minimum atomic E-state index is -0.779. The summed E-state index contributed by atoms with van der Waals surface area (Å²) in [5, 5.41) is 23.2. The van der Waals surface area contributed by atoms with E-state index in [0.29, 0.717) is 25.4 Å². The highest BCUT2D eigenvalue weighted by Crippen LogP contribution is 2.21. The van der Waals surface area contributed by atoms with Crippen molar-refractivity contribution in [1.29, 1.82) is 0 Å². The predicted octanol–water partition coefficient (Wildman–Crippen LogP) is 1.41. The molecule has 1 atom stereocenters. The van der Waals surface area contributed by atoms with Crippen molar-refractivity contribution in [3.05, 3.63) is 28.8 Å². The van der Waals surface area contributed by atoms with E-state index in [1.54, 1.807) is 13.0 Å². The fourth-order valence-corrected chi connectivity index (χ4v) is 2.21. The van der Waals surface area contributed by atoms with Crippen molar-refractivity contribution in [1.82, 2.24) is 10.2 Å². The van der Waals surface area contributed by atoms with Crippen LogP contribution in [0.3, 0.4) is 0 Å². The van der Waals surface area contributed by atoms with Gasteiger partial charge in [0.25, 0.3) is 0 Å². The monoisotopic (exact) mass is 266 g/mol. The smallest absolute Gasteiger partial charge is 0.120 e. The second kappa shape index (κ2) is 6.37. The van der Waals surface area contributed by atoms with Crippen molar-refractivity contribution >= 4 is 0 Å². The second-order valence-corrected chi connectivity index (χ2v) is 5.90. The van der Waals surface area contributed by atoms with Gasteiger partial charge in [0.05, 0.1) is 5.60 Å². The lowest BCUT2D eigenvalue weighted by Crippen LogP contribution is -2.45. The van der Waals surface area contributed by atoms with Crippen LogP contribution < -0.4 is 5.32 Å². The number of nitrogens with one attached hydrogen (secondary N) is 1. The standard InChI is InChI=1S/C15H26N2O2/c1-11-6-13(14(18)7-12(11)2)8-16-9-15(3,19)10-17(4)5/h6-7,16,18-19H,8-10H2,1-5H3. The molecule has 1 unspecified atom stereocenters. The maximum absolute atomic E-state index is 10.2. The number of aliphatic hydroxyl groups is 1. The molecule has 1 rings (SSSR count). The summed E-state index contributed by atoms with van der Waals surface area (Å²) in [4.78, 5) is 1.95. The molecule has 0 fully saturated rings. The number of hydrogen-bond acceptors (Lipinski definition) is 4. The maximum atomic E-state index is 10.2. The highest BCUT2D eigenvalue weighted by atomic mass is 16.3. The van der Waals surface area contributed by atoms with E-state index >= 15 is 0 Å². The minimum Gasteiger partial charge on any atom is -0.508 e. The highest BCUT2D eigenvalue weighted by molar-refractivity contribution is 5.40. The zero-order chi connectivity index (χ0) is 14.6. The van der Waals surface area contributed by atoms with Crippen molar-refractivity contribution in [3.8, 4) is 5.75 Å². The maximum Gasteiger partial charge on any atom is 0.120 e. The van der Waals surface area contributed by atoms with Gasteiger partial charge >= 0.3 is 0 Å². The average molecular weight is 266 g/mol. The van der Waals surface area contributed by atoms with E-state index in [4.69, 9.17) is 0 Å². The Bertz CT molecular complexity index is 428. The van der Waals surface area contributed by atoms with E-state index in [-0.39, 0.29) is 0 Å². The van der Waals surface area contributed by atoms with Crippen LogP contribution in [0.5, 0.6) is 5.75 Å². The largest absolute Gasteiger partial charge is 0.508 e. The van der Waals surface area contributed by atoms with Gasteiger partial charge < -0.3 is 20.4 Å². The zero-order valence-corrected chi connectivity index (χ0v) is 12.6. The Morgan fingerprint density at radius 2 is 1.79 bits per heavy atom. The fraction of sp³-hybridized carbons (Fsp3) is 0.600. The minimum absolute atomic E-state index is 0.308. The van der Waals surface area contributed by atoms with Crippen LogP contribution in [0.15, 0.2) is 12.1 Å². The number of phenolic OH excluding ortho intramolecular Hbond substituents is 1. The third-order valence-corrected chi connectivity index (χ3v) is 3.17. The molecule has 1 aromatic carbocycles. The molecule has 0 aliphatic rings. The molecule has 19 heavy (non-hydrogen) atoms. The molecule has 0 aliphatic heterocycles. The van der Waals surface area contributed by atoms with Crippen LogP contribution >= 0.6 is 0 Å². The third kappa shape index (κ3) is 5.19. The SMILES string of the molecule is Cc1cc(O)c(CNCC(C)(O)CN(C)C)cc1C. The van der Waals surface area contributed by atoms with Gasteiger partial charge in [-0.3, -0.25) is 0 Å². The molecule has 0 saturated heterocycles. The van der Waals surface area contributed by atoms with Gasteiger partial charge in [-0.25, -0.2) is 0 Å². The summed E-state index contributed by atoms with van der Waals surface area (Å²) >= 11 is 0. The van der Waals surface area contributed by atoms with Crippen LogP contribution in [0.1, 0.15) is 23.6 Å². The lowest BCUT2D eigenvalue weighted by Gasteiger charge is -2.27. The van der Waals surface area contributed by atoms with Gasteiger partial charge in [0.15, 0.2) is 0 Å². The molecule has 0 radical (unpaired) electrons. The van der Waals surface area contributed by atoms with Crippen molar-refractivity contribution in [2.24, 2.45) is 0 Å². The quantitative estimate of drug-likeness (QED) is 0.729. The van der Waals surface area contributed by atoms with E-state index in [1.807, 2.05) is 38.9 Å². The van der Waals surface area contributed by atoms with Crippen molar-refractivity contribution in [3.63, 3.8) is 0 Å². The van der Waals surface area contributed by atoms with E-state index in [2.05, 4.69) is 5.32 Å². The van der Waals surface area contributed by atoms with Crippen molar-refractivity contribution < 1.29 is 10.2 Å².